The van der Waals surface area contributed by atoms with Crippen molar-refractivity contribution in [2.75, 3.05) is 4.72 Å². The summed E-state index contributed by atoms with van der Waals surface area (Å²) in [6.45, 7) is 3.38. The molecule has 0 aliphatic heterocycles. The Labute approximate surface area is 135 Å². The molecule has 120 valence electrons. The molecule has 2 rings (SSSR count). The predicted molar refractivity (Wildman–Crippen MR) is 89.7 cm³/mol. The van der Waals surface area contributed by atoms with E-state index in [1.165, 1.54) is 13.0 Å². The third-order valence-electron chi connectivity index (χ3n) is 3.21. The number of sulfonamides is 1. The molecule has 0 saturated carbocycles. The van der Waals surface area contributed by atoms with Gasteiger partial charge >= 0.3 is 5.97 Å². The first-order chi connectivity index (χ1) is 10.8. The fraction of sp³-hybridized carbons (Fsp3) is 0.118. The molecular formula is C17H17NO4S. The van der Waals surface area contributed by atoms with E-state index in [2.05, 4.69) is 4.72 Å². The molecule has 0 heterocycles. The molecule has 0 aliphatic carbocycles. The minimum Gasteiger partial charge on any atom is -0.478 e. The topological polar surface area (TPSA) is 83.5 Å². The van der Waals surface area contributed by atoms with Crippen LogP contribution in [0.25, 0.3) is 6.08 Å². The van der Waals surface area contributed by atoms with E-state index in [1.807, 2.05) is 6.92 Å². The monoisotopic (exact) mass is 331 g/mol. The van der Waals surface area contributed by atoms with Gasteiger partial charge in [-0.1, -0.05) is 29.8 Å². The van der Waals surface area contributed by atoms with Crippen LogP contribution in [0.3, 0.4) is 0 Å². The van der Waals surface area contributed by atoms with E-state index < -0.39 is 16.0 Å². The largest absolute Gasteiger partial charge is 0.478 e. The van der Waals surface area contributed by atoms with Crippen LogP contribution >= 0.6 is 0 Å². The Balaban J connectivity index is 2.19. The van der Waals surface area contributed by atoms with E-state index >= 15 is 0 Å². The first-order valence-electron chi connectivity index (χ1n) is 6.89. The smallest absolute Gasteiger partial charge is 0.331 e. The highest BCUT2D eigenvalue weighted by Crippen LogP contribution is 2.18. The third kappa shape index (κ3) is 4.43. The minimum absolute atomic E-state index is 0.189. The van der Waals surface area contributed by atoms with Crippen LogP contribution in [0.4, 0.5) is 5.69 Å². The molecule has 2 aromatic rings. The number of carbonyl (C=O) groups is 1. The highest BCUT2D eigenvalue weighted by atomic mass is 32.2. The Hall–Kier alpha value is -2.60. The van der Waals surface area contributed by atoms with E-state index in [9.17, 15) is 13.2 Å². The summed E-state index contributed by atoms with van der Waals surface area (Å²) >= 11 is 0. The number of hydrogen-bond donors (Lipinski definition) is 2. The van der Waals surface area contributed by atoms with Gasteiger partial charge in [-0.05, 0) is 49.8 Å². The standard InChI is InChI=1S/C17H17NO4S/c1-12-3-9-16(10-4-12)23(21,22)18-15-7-5-14(6-8-15)11-13(2)17(19)20/h3-11,18H,1-2H3,(H,19,20)/b13-11+. The second kappa shape index (κ2) is 6.66. The maximum absolute atomic E-state index is 12.3. The number of carboxylic acids is 1. The number of rotatable bonds is 5. The van der Waals surface area contributed by atoms with Crippen molar-refractivity contribution in [1.82, 2.24) is 0 Å². The molecule has 0 spiro atoms. The number of nitrogens with one attached hydrogen (secondary N) is 1. The second-order valence-corrected chi connectivity index (χ2v) is 6.86. The number of carboxylic acid groups (broad SMARTS) is 1. The van der Waals surface area contributed by atoms with Gasteiger partial charge in [-0.25, -0.2) is 13.2 Å². The van der Waals surface area contributed by atoms with Crippen LogP contribution in [0, 0.1) is 6.92 Å². The van der Waals surface area contributed by atoms with Crippen molar-refractivity contribution in [2.24, 2.45) is 0 Å². The third-order valence-corrected chi connectivity index (χ3v) is 4.61. The summed E-state index contributed by atoms with van der Waals surface area (Å²) in [6.07, 6.45) is 1.51. The number of anilines is 1. The molecule has 0 atom stereocenters. The van der Waals surface area contributed by atoms with E-state index in [1.54, 1.807) is 48.5 Å². The zero-order chi connectivity index (χ0) is 17.0. The van der Waals surface area contributed by atoms with E-state index in [4.69, 9.17) is 5.11 Å². The van der Waals surface area contributed by atoms with Crippen LogP contribution in [0.5, 0.6) is 0 Å². The highest BCUT2D eigenvalue weighted by Gasteiger charge is 2.13. The molecule has 2 N–H and O–H groups in total. The summed E-state index contributed by atoms with van der Waals surface area (Å²) in [5.74, 6) is -0.992. The average Bonchev–Trinajstić information content (AvgIpc) is 2.49. The Kier molecular flexibility index (Phi) is 4.86. The van der Waals surface area contributed by atoms with Gasteiger partial charge < -0.3 is 5.11 Å². The molecule has 0 aliphatic rings. The van der Waals surface area contributed by atoms with Crippen molar-refractivity contribution in [1.29, 1.82) is 0 Å². The molecule has 0 aromatic heterocycles. The lowest BCUT2D eigenvalue weighted by Gasteiger charge is -2.08. The van der Waals surface area contributed by atoms with Crippen LogP contribution in [0.1, 0.15) is 18.1 Å². The van der Waals surface area contributed by atoms with Crippen molar-refractivity contribution in [3.05, 3.63) is 65.2 Å². The zero-order valence-electron chi connectivity index (χ0n) is 12.8. The van der Waals surface area contributed by atoms with E-state index in [-0.39, 0.29) is 10.5 Å². The molecule has 0 radical (unpaired) electrons. The molecule has 0 fully saturated rings. The number of aliphatic carboxylic acids is 1. The van der Waals surface area contributed by atoms with Crippen LogP contribution in [-0.4, -0.2) is 19.5 Å². The molecule has 0 saturated heterocycles. The molecular weight excluding hydrogens is 314 g/mol. The maximum atomic E-state index is 12.3. The first-order valence-corrected chi connectivity index (χ1v) is 8.37. The number of aryl methyl sites for hydroxylation is 1. The van der Waals surface area contributed by atoms with E-state index in [0.717, 1.165) is 5.56 Å². The number of hydrogen-bond acceptors (Lipinski definition) is 3. The molecule has 2 aromatic carbocycles. The summed E-state index contributed by atoms with van der Waals surface area (Å²) in [5.41, 5.74) is 2.28. The Morgan fingerprint density at radius 1 is 1.04 bits per heavy atom. The van der Waals surface area contributed by atoms with Gasteiger partial charge in [0.15, 0.2) is 0 Å². The normalized spacial score (nSPS) is 12.0. The van der Waals surface area contributed by atoms with Gasteiger partial charge in [-0.2, -0.15) is 0 Å². The Morgan fingerprint density at radius 2 is 1.61 bits per heavy atom. The SMILES string of the molecule is C/C(=C\c1ccc(NS(=O)(=O)c2ccc(C)cc2)cc1)C(=O)O. The number of benzene rings is 2. The van der Waals surface area contributed by atoms with Gasteiger partial charge in [0.05, 0.1) is 4.90 Å². The molecule has 23 heavy (non-hydrogen) atoms. The second-order valence-electron chi connectivity index (χ2n) is 5.17. The summed E-state index contributed by atoms with van der Waals surface area (Å²) in [4.78, 5) is 11.0. The van der Waals surface area contributed by atoms with Gasteiger partial charge in [0, 0.05) is 11.3 Å². The average molecular weight is 331 g/mol. The van der Waals surface area contributed by atoms with Crippen LogP contribution in [-0.2, 0) is 14.8 Å². The van der Waals surface area contributed by atoms with Gasteiger partial charge in [0.25, 0.3) is 10.0 Å². The lowest BCUT2D eigenvalue weighted by molar-refractivity contribution is -0.132. The van der Waals surface area contributed by atoms with Gasteiger partial charge in [-0.15, -0.1) is 0 Å². The lowest BCUT2D eigenvalue weighted by atomic mass is 10.1. The lowest BCUT2D eigenvalue weighted by Crippen LogP contribution is -2.12. The fourth-order valence-corrected chi connectivity index (χ4v) is 2.95. The summed E-state index contributed by atoms with van der Waals surface area (Å²) in [6, 6.07) is 13.0. The molecule has 5 nitrogen and oxygen atoms in total. The molecule has 0 bridgehead atoms. The van der Waals surface area contributed by atoms with Gasteiger partial charge in [-0.3, -0.25) is 4.72 Å². The maximum Gasteiger partial charge on any atom is 0.331 e. The van der Waals surface area contributed by atoms with Crippen molar-refractivity contribution >= 4 is 27.8 Å². The van der Waals surface area contributed by atoms with Crippen molar-refractivity contribution < 1.29 is 18.3 Å². The molecule has 0 amide bonds. The summed E-state index contributed by atoms with van der Waals surface area (Å²) in [5, 5.41) is 8.84. The van der Waals surface area contributed by atoms with Crippen molar-refractivity contribution in [2.45, 2.75) is 18.7 Å². The quantitative estimate of drug-likeness (QED) is 0.824. The molecule has 0 unspecified atom stereocenters. The zero-order valence-corrected chi connectivity index (χ0v) is 13.6. The summed E-state index contributed by atoms with van der Waals surface area (Å²) in [7, 11) is -3.64. The predicted octanol–water partition coefficient (Wildman–Crippen LogP) is 3.28. The minimum atomic E-state index is -3.64. The molecule has 6 heteroatoms. The highest BCUT2D eigenvalue weighted by molar-refractivity contribution is 7.92. The van der Waals surface area contributed by atoms with Gasteiger partial charge in [0.1, 0.15) is 0 Å². The van der Waals surface area contributed by atoms with E-state index in [0.29, 0.717) is 11.3 Å². The van der Waals surface area contributed by atoms with Crippen molar-refractivity contribution in [3.8, 4) is 0 Å². The Morgan fingerprint density at radius 3 is 2.13 bits per heavy atom. The van der Waals surface area contributed by atoms with Gasteiger partial charge in [0.2, 0.25) is 0 Å². The van der Waals surface area contributed by atoms with Crippen LogP contribution in [0.2, 0.25) is 0 Å². The first kappa shape index (κ1) is 16.8. The Bertz CT molecular complexity index is 835. The fourth-order valence-electron chi connectivity index (χ4n) is 1.89. The van der Waals surface area contributed by atoms with Crippen LogP contribution in [0.15, 0.2) is 59.0 Å². The van der Waals surface area contributed by atoms with Crippen molar-refractivity contribution in [3.63, 3.8) is 0 Å². The summed E-state index contributed by atoms with van der Waals surface area (Å²) < 4.78 is 27.0. The van der Waals surface area contributed by atoms with Crippen LogP contribution < -0.4 is 4.72 Å².